The normalized spacial score (nSPS) is 24.3. The molecule has 8 heteroatoms. The number of hydrogen-bond donors (Lipinski definition) is 2. The van der Waals surface area contributed by atoms with Gasteiger partial charge in [-0.1, -0.05) is 20.8 Å². The number of amides is 2. The zero-order chi connectivity index (χ0) is 21.7. The molecule has 3 heterocycles. The second kappa shape index (κ2) is 7.34. The number of carbonyl (C=O) groups is 2. The van der Waals surface area contributed by atoms with Crippen molar-refractivity contribution in [1.29, 1.82) is 0 Å². The largest absolute Gasteiger partial charge is 0.465 e. The fourth-order valence-electron chi connectivity index (χ4n) is 5.10. The van der Waals surface area contributed by atoms with E-state index >= 15 is 0 Å². The maximum atomic E-state index is 13.6. The number of carboxylic acid groups (broad SMARTS) is 1. The molecule has 0 saturated carbocycles. The van der Waals surface area contributed by atoms with Crippen LogP contribution in [-0.4, -0.2) is 78.0 Å². The van der Waals surface area contributed by atoms with E-state index in [1.807, 2.05) is 11.9 Å². The summed E-state index contributed by atoms with van der Waals surface area (Å²) in [4.78, 5) is 30.5. The topological polar surface area (TPSA) is 85.4 Å². The lowest BCUT2D eigenvalue weighted by atomic mass is 9.84. The molecule has 3 fully saturated rings. The highest BCUT2D eigenvalue weighted by atomic mass is 16.5. The van der Waals surface area contributed by atoms with Crippen molar-refractivity contribution in [2.45, 2.75) is 51.4 Å². The van der Waals surface area contributed by atoms with Crippen molar-refractivity contribution in [3.05, 3.63) is 24.3 Å². The van der Waals surface area contributed by atoms with Gasteiger partial charge in [0.1, 0.15) is 11.7 Å². The fraction of sp³-hybridized carbons (Fsp3) is 0.636. The third-order valence-corrected chi connectivity index (χ3v) is 6.58. The summed E-state index contributed by atoms with van der Waals surface area (Å²) in [6, 6.07) is 8.59. The van der Waals surface area contributed by atoms with E-state index in [0.717, 1.165) is 24.6 Å². The minimum absolute atomic E-state index is 0.0845. The zero-order valence-corrected chi connectivity index (χ0v) is 18.2. The molecule has 1 unspecified atom stereocenters. The van der Waals surface area contributed by atoms with E-state index in [0.29, 0.717) is 32.0 Å². The number of anilines is 2. The fourth-order valence-corrected chi connectivity index (χ4v) is 5.10. The molecule has 1 aromatic rings. The zero-order valence-electron chi connectivity index (χ0n) is 18.2. The second-order valence-electron chi connectivity index (χ2n) is 9.75. The van der Waals surface area contributed by atoms with Gasteiger partial charge in [-0.25, -0.2) is 4.79 Å². The molecule has 8 nitrogen and oxygen atoms in total. The predicted molar refractivity (Wildman–Crippen MR) is 115 cm³/mol. The van der Waals surface area contributed by atoms with Crippen LogP contribution in [0.4, 0.5) is 16.2 Å². The van der Waals surface area contributed by atoms with Crippen molar-refractivity contribution >= 4 is 23.4 Å². The van der Waals surface area contributed by atoms with Gasteiger partial charge < -0.3 is 29.9 Å². The SMILES string of the molecule is CN1C(=O)C2(CCN(C(=O)O)CC2)N(c2ccc(NC3COC3)cc2)C1C(C)(C)C. The van der Waals surface area contributed by atoms with Crippen LogP contribution in [0.25, 0.3) is 0 Å². The molecule has 3 aliphatic heterocycles. The molecule has 4 rings (SSSR count). The lowest BCUT2D eigenvalue weighted by Crippen LogP contribution is -2.59. The van der Waals surface area contributed by atoms with Crippen molar-refractivity contribution in [2.75, 3.05) is 43.6 Å². The van der Waals surface area contributed by atoms with E-state index in [4.69, 9.17) is 4.74 Å². The molecule has 0 aromatic heterocycles. The molecule has 0 aliphatic carbocycles. The standard InChI is InChI=1S/C22H32N4O4/c1-21(2,3)18-24(4)19(27)22(9-11-25(12-10-22)20(28)29)26(18)17-7-5-15(6-8-17)23-16-13-30-14-16/h5-8,16,18,23H,9-14H2,1-4H3,(H,28,29). The first-order valence-electron chi connectivity index (χ1n) is 10.6. The maximum Gasteiger partial charge on any atom is 0.407 e. The van der Waals surface area contributed by atoms with Crippen molar-refractivity contribution < 1.29 is 19.4 Å². The molecule has 2 N–H and O–H groups in total. The quantitative estimate of drug-likeness (QED) is 0.788. The molecule has 164 valence electrons. The Labute approximate surface area is 177 Å². The van der Waals surface area contributed by atoms with Gasteiger partial charge in [-0.05, 0) is 37.1 Å². The van der Waals surface area contributed by atoms with Crippen LogP contribution in [-0.2, 0) is 9.53 Å². The molecule has 1 aromatic carbocycles. The molecule has 3 aliphatic rings. The van der Waals surface area contributed by atoms with Gasteiger partial charge in [0, 0.05) is 36.9 Å². The summed E-state index contributed by atoms with van der Waals surface area (Å²) in [6.45, 7) is 8.61. The van der Waals surface area contributed by atoms with Crippen LogP contribution in [0.15, 0.2) is 24.3 Å². The number of benzene rings is 1. The summed E-state index contributed by atoms with van der Waals surface area (Å²) < 4.78 is 5.23. The highest BCUT2D eigenvalue weighted by molar-refractivity contribution is 5.94. The first-order valence-corrected chi connectivity index (χ1v) is 10.6. The molecule has 30 heavy (non-hydrogen) atoms. The smallest absolute Gasteiger partial charge is 0.407 e. The first-order chi connectivity index (χ1) is 14.1. The van der Waals surface area contributed by atoms with Crippen LogP contribution < -0.4 is 10.2 Å². The number of likely N-dealkylation sites (N-methyl/N-ethyl adjacent to an activating group) is 1. The van der Waals surface area contributed by atoms with E-state index in [1.54, 1.807) is 0 Å². The van der Waals surface area contributed by atoms with Crippen molar-refractivity contribution in [2.24, 2.45) is 5.41 Å². The van der Waals surface area contributed by atoms with E-state index in [2.05, 4.69) is 55.3 Å². The van der Waals surface area contributed by atoms with Gasteiger partial charge >= 0.3 is 6.09 Å². The Hall–Kier alpha value is -2.48. The Morgan fingerprint density at radius 3 is 2.23 bits per heavy atom. The summed E-state index contributed by atoms with van der Waals surface area (Å²) in [6.07, 6.45) is -0.0404. The van der Waals surface area contributed by atoms with Crippen LogP contribution in [0.3, 0.4) is 0 Å². The second-order valence-corrected chi connectivity index (χ2v) is 9.75. The van der Waals surface area contributed by atoms with Crippen LogP contribution in [0.2, 0.25) is 0 Å². The number of nitrogens with one attached hydrogen (secondary N) is 1. The molecule has 1 atom stereocenters. The summed E-state index contributed by atoms with van der Waals surface area (Å²) in [7, 11) is 1.87. The van der Waals surface area contributed by atoms with Gasteiger partial charge in [0.15, 0.2) is 0 Å². The van der Waals surface area contributed by atoms with Crippen molar-refractivity contribution in [3.8, 4) is 0 Å². The van der Waals surface area contributed by atoms with E-state index in [9.17, 15) is 14.7 Å². The highest BCUT2D eigenvalue weighted by Crippen LogP contribution is 2.47. The summed E-state index contributed by atoms with van der Waals surface area (Å²) in [5, 5.41) is 12.8. The van der Waals surface area contributed by atoms with Gasteiger partial charge in [-0.2, -0.15) is 0 Å². The van der Waals surface area contributed by atoms with E-state index in [-0.39, 0.29) is 17.5 Å². The summed E-state index contributed by atoms with van der Waals surface area (Å²) in [5.74, 6) is 0.0845. The van der Waals surface area contributed by atoms with E-state index in [1.165, 1.54) is 4.90 Å². The molecule has 0 bridgehead atoms. The van der Waals surface area contributed by atoms with Crippen molar-refractivity contribution in [1.82, 2.24) is 9.80 Å². The highest BCUT2D eigenvalue weighted by Gasteiger charge is 2.59. The Morgan fingerprint density at radius 2 is 1.77 bits per heavy atom. The first kappa shape index (κ1) is 20.8. The molecule has 1 spiro atoms. The van der Waals surface area contributed by atoms with Gasteiger partial charge in [0.05, 0.1) is 19.3 Å². The Kier molecular flexibility index (Phi) is 5.08. The Morgan fingerprint density at radius 1 is 1.17 bits per heavy atom. The predicted octanol–water partition coefficient (Wildman–Crippen LogP) is 2.66. The third-order valence-electron chi connectivity index (χ3n) is 6.58. The van der Waals surface area contributed by atoms with Crippen LogP contribution in [0, 0.1) is 5.41 Å². The lowest BCUT2D eigenvalue weighted by molar-refractivity contribution is -0.134. The van der Waals surface area contributed by atoms with Crippen molar-refractivity contribution in [3.63, 3.8) is 0 Å². The minimum atomic E-state index is -0.919. The molecule has 2 amide bonds. The maximum absolute atomic E-state index is 13.6. The number of rotatable bonds is 3. The number of likely N-dealkylation sites (tertiary alicyclic amines) is 1. The van der Waals surface area contributed by atoms with E-state index < -0.39 is 11.6 Å². The Balaban J connectivity index is 1.68. The molecule has 3 saturated heterocycles. The number of ether oxygens (including phenoxy) is 1. The average molecular weight is 417 g/mol. The average Bonchev–Trinajstić information content (AvgIpc) is 2.88. The monoisotopic (exact) mass is 416 g/mol. The number of piperidine rings is 1. The Bertz CT molecular complexity index is 807. The van der Waals surface area contributed by atoms with Gasteiger partial charge in [-0.15, -0.1) is 0 Å². The van der Waals surface area contributed by atoms with Gasteiger partial charge in [-0.3, -0.25) is 4.79 Å². The third kappa shape index (κ3) is 3.37. The number of carbonyl (C=O) groups excluding carboxylic acids is 1. The molecule has 0 radical (unpaired) electrons. The van der Waals surface area contributed by atoms with Gasteiger partial charge in [0.2, 0.25) is 5.91 Å². The van der Waals surface area contributed by atoms with Crippen LogP contribution in [0.5, 0.6) is 0 Å². The van der Waals surface area contributed by atoms with Crippen LogP contribution in [0.1, 0.15) is 33.6 Å². The van der Waals surface area contributed by atoms with Crippen LogP contribution >= 0.6 is 0 Å². The summed E-state index contributed by atoms with van der Waals surface area (Å²) in [5.41, 5.74) is 1.15. The molecular weight excluding hydrogens is 384 g/mol. The van der Waals surface area contributed by atoms with Gasteiger partial charge in [0.25, 0.3) is 0 Å². The lowest BCUT2D eigenvalue weighted by Gasteiger charge is -2.47. The molecular formula is C22H32N4O4. The number of hydrogen-bond acceptors (Lipinski definition) is 5. The number of nitrogens with zero attached hydrogens (tertiary/aromatic N) is 3. The summed E-state index contributed by atoms with van der Waals surface area (Å²) >= 11 is 0. The minimum Gasteiger partial charge on any atom is -0.465 e.